The quantitative estimate of drug-likeness (QED) is 0.0846. The summed E-state index contributed by atoms with van der Waals surface area (Å²) in [4.78, 5) is 28.6. The zero-order chi connectivity index (χ0) is 33.8. The lowest BCUT2D eigenvalue weighted by Crippen LogP contribution is -2.40. The highest BCUT2D eigenvalue weighted by Crippen LogP contribution is 2.55. The molecule has 0 amide bonds. The number of hydrogen-bond donors (Lipinski definition) is 0. The van der Waals surface area contributed by atoms with Crippen molar-refractivity contribution in [1.29, 1.82) is 0 Å². The molecule has 0 unspecified atom stereocenters. The first-order valence-electron chi connectivity index (χ1n) is 16.7. The molecule has 1 aliphatic rings. The maximum absolute atomic E-state index is 14.3. The minimum atomic E-state index is -1.55. The summed E-state index contributed by atoms with van der Waals surface area (Å²) in [5.41, 5.74) is 6.52. The fraction of sp³-hybridized carbons (Fsp3) is 0.182. The average molecular weight is 646 g/mol. The molecule has 5 aromatic carbocycles. The van der Waals surface area contributed by atoms with Gasteiger partial charge in [0, 0.05) is 23.9 Å². The van der Waals surface area contributed by atoms with Crippen molar-refractivity contribution in [3.8, 4) is 11.3 Å². The van der Waals surface area contributed by atoms with Crippen LogP contribution in [0.15, 0.2) is 158 Å². The van der Waals surface area contributed by atoms with Crippen molar-refractivity contribution in [2.24, 2.45) is 18.4 Å². The van der Waals surface area contributed by atoms with Gasteiger partial charge < -0.3 is 14.0 Å². The molecule has 49 heavy (non-hydrogen) atoms. The lowest BCUT2D eigenvalue weighted by atomic mass is 9.75. The zero-order valence-corrected chi connectivity index (χ0v) is 27.6. The molecule has 0 radical (unpaired) electrons. The summed E-state index contributed by atoms with van der Waals surface area (Å²) in [7, 11) is 2.10. The van der Waals surface area contributed by atoms with Crippen LogP contribution in [-0.2, 0) is 39.3 Å². The van der Waals surface area contributed by atoms with Crippen LogP contribution in [0.25, 0.3) is 22.2 Å². The van der Waals surface area contributed by atoms with Crippen LogP contribution in [-0.4, -0.2) is 16.5 Å². The molecule has 0 saturated heterocycles. The second-order valence-electron chi connectivity index (χ2n) is 12.9. The number of aromatic nitrogens is 1. The number of esters is 2. The summed E-state index contributed by atoms with van der Waals surface area (Å²) in [5, 5.41) is 1.13. The first-order chi connectivity index (χ1) is 24.0. The minimum absolute atomic E-state index is 0.0636. The zero-order valence-electron chi connectivity index (χ0n) is 27.6. The van der Waals surface area contributed by atoms with E-state index in [1.807, 2.05) is 84.9 Å². The molecule has 1 aliphatic carbocycles. The van der Waals surface area contributed by atoms with Gasteiger partial charge in [-0.1, -0.05) is 152 Å². The van der Waals surface area contributed by atoms with E-state index in [9.17, 15) is 9.59 Å². The average Bonchev–Trinajstić information content (AvgIpc) is 3.66. The topological polar surface area (TPSA) is 57.5 Å². The Morgan fingerprint density at radius 1 is 0.714 bits per heavy atom. The van der Waals surface area contributed by atoms with Gasteiger partial charge in [0.05, 0.1) is 5.69 Å². The van der Waals surface area contributed by atoms with Crippen LogP contribution < -0.4 is 0 Å². The van der Waals surface area contributed by atoms with Crippen molar-refractivity contribution in [1.82, 2.24) is 4.57 Å². The Labute approximate surface area is 287 Å². The molecule has 7 rings (SSSR count). The van der Waals surface area contributed by atoms with Gasteiger partial charge in [-0.2, -0.15) is 0 Å². The van der Waals surface area contributed by atoms with E-state index in [1.165, 1.54) is 0 Å². The number of allylic oxidation sites excluding steroid dienone is 1. The molecule has 2 atom stereocenters. The second-order valence-corrected chi connectivity index (χ2v) is 12.9. The molecule has 0 spiro atoms. The lowest BCUT2D eigenvalue weighted by Gasteiger charge is -2.29. The van der Waals surface area contributed by atoms with E-state index >= 15 is 0 Å². The highest BCUT2D eigenvalue weighted by atomic mass is 16.6. The van der Waals surface area contributed by atoms with Gasteiger partial charge in [-0.05, 0) is 52.6 Å². The largest absolute Gasteiger partial charge is 0.460 e. The fourth-order valence-corrected chi connectivity index (χ4v) is 7.52. The van der Waals surface area contributed by atoms with Crippen LogP contribution in [0.2, 0.25) is 0 Å². The highest BCUT2D eigenvalue weighted by Gasteiger charge is 2.57. The Kier molecular flexibility index (Phi) is 8.99. The molecule has 0 aliphatic heterocycles. The van der Waals surface area contributed by atoms with Crippen molar-refractivity contribution in [3.05, 3.63) is 180 Å². The van der Waals surface area contributed by atoms with E-state index in [2.05, 4.69) is 78.9 Å². The molecule has 6 aromatic rings. The van der Waals surface area contributed by atoms with Crippen molar-refractivity contribution >= 4 is 22.8 Å². The SMILES string of the molecule is C=C1CC(C(=O)OCc2ccccc2)(C(=O)OCc2ccccc2)C[C@H]1[C@@H](c1ccccc1)c1c(-c2ccccc2)n(C)c2ccccc12. The lowest BCUT2D eigenvalue weighted by molar-refractivity contribution is -0.174. The molecule has 1 fully saturated rings. The summed E-state index contributed by atoms with van der Waals surface area (Å²) in [6, 6.07) is 48.3. The summed E-state index contributed by atoms with van der Waals surface area (Å²) in [6.45, 7) is 4.70. The molecule has 5 heteroatoms. The number of nitrogens with zero attached hydrogens (tertiary/aromatic N) is 1. The van der Waals surface area contributed by atoms with Crippen molar-refractivity contribution in [3.63, 3.8) is 0 Å². The molecule has 1 aromatic heterocycles. The van der Waals surface area contributed by atoms with Crippen molar-refractivity contribution in [2.45, 2.75) is 32.0 Å². The van der Waals surface area contributed by atoms with Crippen molar-refractivity contribution < 1.29 is 19.1 Å². The van der Waals surface area contributed by atoms with E-state index < -0.39 is 17.4 Å². The molecular weight excluding hydrogens is 606 g/mol. The number of carbonyl (C=O) groups is 2. The Hall–Kier alpha value is -5.68. The smallest absolute Gasteiger partial charge is 0.324 e. The third-order valence-corrected chi connectivity index (χ3v) is 9.89. The third kappa shape index (κ3) is 6.20. The number of rotatable bonds is 10. The van der Waals surface area contributed by atoms with Gasteiger partial charge in [0.15, 0.2) is 5.41 Å². The van der Waals surface area contributed by atoms with E-state index in [4.69, 9.17) is 9.47 Å². The Morgan fingerprint density at radius 2 is 1.20 bits per heavy atom. The maximum atomic E-state index is 14.3. The Morgan fingerprint density at radius 3 is 1.78 bits per heavy atom. The number of para-hydroxylation sites is 1. The Balaban J connectivity index is 1.34. The van der Waals surface area contributed by atoms with Gasteiger partial charge in [0.25, 0.3) is 0 Å². The van der Waals surface area contributed by atoms with Gasteiger partial charge in [-0.15, -0.1) is 0 Å². The molecule has 1 heterocycles. The van der Waals surface area contributed by atoms with E-state index in [0.717, 1.165) is 50.0 Å². The standard InChI is InChI=1S/C44H39NO4/c1-31-27-44(42(46)48-29-32-17-7-3-8-18-32,43(47)49-30-33-19-9-4-10-20-33)28-37(31)39(34-21-11-5-12-22-34)40-36-25-15-16-26-38(36)45(2)41(40)35-23-13-6-14-24-35/h3-26,37,39H,1,27-30H2,2H3/t37-,39-/m1/s1. The molecular formula is C44H39NO4. The number of fused-ring (bicyclic) bond motifs is 1. The van der Waals surface area contributed by atoms with Gasteiger partial charge in [-0.3, -0.25) is 9.59 Å². The fourth-order valence-electron chi connectivity index (χ4n) is 7.52. The number of hydrogen-bond acceptors (Lipinski definition) is 4. The number of carbonyl (C=O) groups excluding carboxylic acids is 2. The molecule has 0 bridgehead atoms. The minimum Gasteiger partial charge on any atom is -0.460 e. The highest BCUT2D eigenvalue weighted by molar-refractivity contribution is 6.01. The van der Waals surface area contributed by atoms with Crippen LogP contribution in [0.5, 0.6) is 0 Å². The van der Waals surface area contributed by atoms with E-state index in [0.29, 0.717) is 0 Å². The molecule has 244 valence electrons. The Bertz CT molecular complexity index is 2030. The van der Waals surface area contributed by atoms with Crippen LogP contribution in [0.4, 0.5) is 0 Å². The van der Waals surface area contributed by atoms with Gasteiger partial charge >= 0.3 is 11.9 Å². The van der Waals surface area contributed by atoms with E-state index in [1.54, 1.807) is 0 Å². The van der Waals surface area contributed by atoms with Crippen LogP contribution in [0, 0.1) is 11.3 Å². The second kappa shape index (κ2) is 13.8. The predicted octanol–water partition coefficient (Wildman–Crippen LogP) is 9.42. The van der Waals surface area contributed by atoms with Gasteiger partial charge in [0.2, 0.25) is 0 Å². The molecule has 5 nitrogen and oxygen atoms in total. The first kappa shape index (κ1) is 31.9. The monoisotopic (exact) mass is 645 g/mol. The van der Waals surface area contributed by atoms with Gasteiger partial charge in [-0.25, -0.2) is 0 Å². The summed E-state index contributed by atoms with van der Waals surface area (Å²) < 4.78 is 14.2. The number of benzene rings is 5. The van der Waals surface area contributed by atoms with Gasteiger partial charge in [0.1, 0.15) is 13.2 Å². The van der Waals surface area contributed by atoms with Crippen LogP contribution in [0.3, 0.4) is 0 Å². The van der Waals surface area contributed by atoms with Crippen LogP contribution >= 0.6 is 0 Å². The van der Waals surface area contributed by atoms with Crippen molar-refractivity contribution in [2.75, 3.05) is 0 Å². The summed E-state index contributed by atoms with van der Waals surface area (Å²) in [5.74, 6) is -1.62. The molecule has 1 saturated carbocycles. The maximum Gasteiger partial charge on any atom is 0.324 e. The normalized spacial score (nSPS) is 15.9. The third-order valence-electron chi connectivity index (χ3n) is 9.89. The predicted molar refractivity (Wildman–Crippen MR) is 193 cm³/mol. The summed E-state index contributed by atoms with van der Waals surface area (Å²) >= 11 is 0. The number of aryl methyl sites for hydroxylation is 1. The molecule has 0 N–H and O–H groups in total. The first-order valence-corrected chi connectivity index (χ1v) is 16.7. The van der Waals surface area contributed by atoms with Crippen LogP contribution in [0.1, 0.15) is 41.0 Å². The number of ether oxygens (including phenoxy) is 2. The summed E-state index contributed by atoms with van der Waals surface area (Å²) in [6.07, 6.45) is 0.359. The van der Waals surface area contributed by atoms with E-state index in [-0.39, 0.29) is 37.9 Å².